The molecule has 1 aliphatic rings. The second kappa shape index (κ2) is 6.00. The average Bonchev–Trinajstić information content (AvgIpc) is 3.11. The van der Waals surface area contributed by atoms with Crippen LogP contribution in [-0.2, 0) is 0 Å². The summed E-state index contributed by atoms with van der Waals surface area (Å²) in [6.45, 7) is 2.06. The first-order valence-corrected chi connectivity index (χ1v) is 6.68. The summed E-state index contributed by atoms with van der Waals surface area (Å²) < 4.78 is 0. The number of hydrogen-bond acceptors (Lipinski definition) is 5. The molecule has 1 aromatic rings. The van der Waals surface area contributed by atoms with E-state index in [2.05, 4.69) is 34.3 Å². The third-order valence-electron chi connectivity index (χ3n) is 3.04. The van der Waals surface area contributed by atoms with E-state index < -0.39 is 0 Å². The highest BCUT2D eigenvalue weighted by molar-refractivity contribution is 5.45. The number of hydrogen-bond donors (Lipinski definition) is 2. The average molecular weight is 249 g/mol. The van der Waals surface area contributed by atoms with Crippen LogP contribution in [0.25, 0.3) is 0 Å². The SMILES string of the molecule is CN(C)CCCCNc1cc(N)nc(C2CC2)n1. The van der Waals surface area contributed by atoms with Crippen molar-refractivity contribution in [1.29, 1.82) is 0 Å². The van der Waals surface area contributed by atoms with Crippen LogP contribution in [0.5, 0.6) is 0 Å². The minimum absolute atomic E-state index is 0.544. The molecule has 0 radical (unpaired) electrons. The first-order valence-electron chi connectivity index (χ1n) is 6.68. The molecule has 5 nitrogen and oxygen atoms in total. The molecule has 1 aromatic heterocycles. The number of unbranched alkanes of at least 4 members (excludes halogenated alkanes) is 1. The van der Waals surface area contributed by atoms with Gasteiger partial charge in [-0.15, -0.1) is 0 Å². The zero-order valence-corrected chi connectivity index (χ0v) is 11.3. The lowest BCUT2D eigenvalue weighted by molar-refractivity contribution is 0.396. The van der Waals surface area contributed by atoms with Crippen molar-refractivity contribution in [2.75, 3.05) is 38.2 Å². The van der Waals surface area contributed by atoms with Gasteiger partial charge in [-0.1, -0.05) is 0 Å². The van der Waals surface area contributed by atoms with Crippen molar-refractivity contribution in [3.63, 3.8) is 0 Å². The summed E-state index contributed by atoms with van der Waals surface area (Å²) >= 11 is 0. The van der Waals surface area contributed by atoms with Gasteiger partial charge in [0.15, 0.2) is 0 Å². The summed E-state index contributed by atoms with van der Waals surface area (Å²) in [6, 6.07) is 1.82. The summed E-state index contributed by atoms with van der Waals surface area (Å²) in [5.41, 5.74) is 5.80. The highest BCUT2D eigenvalue weighted by atomic mass is 15.1. The van der Waals surface area contributed by atoms with Gasteiger partial charge >= 0.3 is 0 Å². The second-order valence-electron chi connectivity index (χ2n) is 5.25. The fraction of sp³-hybridized carbons (Fsp3) is 0.692. The largest absolute Gasteiger partial charge is 0.384 e. The Balaban J connectivity index is 1.78. The van der Waals surface area contributed by atoms with Crippen LogP contribution >= 0.6 is 0 Å². The number of aromatic nitrogens is 2. The summed E-state index contributed by atoms with van der Waals surface area (Å²) in [5.74, 6) is 2.89. The molecule has 0 saturated heterocycles. The zero-order valence-electron chi connectivity index (χ0n) is 11.3. The van der Waals surface area contributed by atoms with Gasteiger partial charge in [0, 0.05) is 18.5 Å². The van der Waals surface area contributed by atoms with Crippen molar-refractivity contribution >= 4 is 11.6 Å². The Hall–Kier alpha value is -1.36. The van der Waals surface area contributed by atoms with Gasteiger partial charge in [-0.3, -0.25) is 0 Å². The van der Waals surface area contributed by atoms with Gasteiger partial charge in [0.25, 0.3) is 0 Å². The second-order valence-corrected chi connectivity index (χ2v) is 5.25. The van der Waals surface area contributed by atoms with Gasteiger partial charge in [0.1, 0.15) is 17.5 Å². The maximum absolute atomic E-state index is 5.80. The molecule has 1 fully saturated rings. The Labute approximate surface area is 109 Å². The lowest BCUT2D eigenvalue weighted by Gasteiger charge is -2.10. The molecule has 0 unspecified atom stereocenters. The van der Waals surface area contributed by atoms with Crippen LogP contribution in [0, 0.1) is 0 Å². The minimum Gasteiger partial charge on any atom is -0.384 e. The normalized spacial score (nSPS) is 15.1. The van der Waals surface area contributed by atoms with Crippen LogP contribution in [0.2, 0.25) is 0 Å². The predicted molar refractivity (Wildman–Crippen MR) is 74.7 cm³/mol. The zero-order chi connectivity index (χ0) is 13.0. The Morgan fingerprint density at radius 3 is 2.78 bits per heavy atom. The van der Waals surface area contributed by atoms with E-state index in [1.54, 1.807) is 0 Å². The Kier molecular flexibility index (Phi) is 4.36. The lowest BCUT2D eigenvalue weighted by atomic mass is 10.3. The highest BCUT2D eigenvalue weighted by Crippen LogP contribution is 2.38. The van der Waals surface area contributed by atoms with E-state index in [1.165, 1.54) is 19.3 Å². The summed E-state index contributed by atoms with van der Waals surface area (Å²) in [6.07, 6.45) is 4.73. The number of rotatable bonds is 7. The van der Waals surface area contributed by atoms with Gasteiger partial charge in [-0.2, -0.15) is 0 Å². The summed E-state index contributed by atoms with van der Waals surface area (Å²) in [5, 5.41) is 3.33. The molecular weight excluding hydrogens is 226 g/mol. The van der Waals surface area contributed by atoms with Crippen molar-refractivity contribution in [2.45, 2.75) is 31.6 Å². The molecule has 0 spiro atoms. The van der Waals surface area contributed by atoms with E-state index in [-0.39, 0.29) is 0 Å². The maximum Gasteiger partial charge on any atom is 0.136 e. The number of nitrogens with one attached hydrogen (secondary N) is 1. The third kappa shape index (κ3) is 4.14. The van der Waals surface area contributed by atoms with Crippen LogP contribution in [0.4, 0.5) is 11.6 Å². The first-order chi connectivity index (χ1) is 8.65. The van der Waals surface area contributed by atoms with Crippen molar-refractivity contribution in [3.05, 3.63) is 11.9 Å². The molecule has 2 rings (SSSR count). The van der Waals surface area contributed by atoms with Crippen LogP contribution in [0.3, 0.4) is 0 Å². The molecule has 1 aliphatic carbocycles. The van der Waals surface area contributed by atoms with Crippen LogP contribution in [-0.4, -0.2) is 42.1 Å². The molecule has 100 valence electrons. The number of nitrogens with zero attached hydrogens (tertiary/aromatic N) is 3. The van der Waals surface area contributed by atoms with Gasteiger partial charge in [-0.25, -0.2) is 9.97 Å². The van der Waals surface area contributed by atoms with E-state index in [0.717, 1.165) is 31.2 Å². The lowest BCUT2D eigenvalue weighted by Crippen LogP contribution is -2.14. The van der Waals surface area contributed by atoms with Gasteiger partial charge < -0.3 is 16.0 Å². The Bertz CT molecular complexity index is 387. The van der Waals surface area contributed by atoms with E-state index in [4.69, 9.17) is 5.73 Å². The van der Waals surface area contributed by atoms with Crippen LogP contribution in [0.15, 0.2) is 6.07 Å². The van der Waals surface area contributed by atoms with Gasteiger partial charge in [0.2, 0.25) is 0 Å². The monoisotopic (exact) mass is 249 g/mol. The minimum atomic E-state index is 0.544. The summed E-state index contributed by atoms with van der Waals surface area (Å²) in [4.78, 5) is 11.0. The van der Waals surface area contributed by atoms with Gasteiger partial charge in [0.05, 0.1) is 0 Å². The number of anilines is 2. The molecule has 0 aromatic carbocycles. The fourth-order valence-corrected chi connectivity index (χ4v) is 1.87. The van der Waals surface area contributed by atoms with Crippen LogP contribution in [0.1, 0.15) is 37.4 Å². The van der Waals surface area contributed by atoms with E-state index in [0.29, 0.717) is 11.7 Å². The van der Waals surface area contributed by atoms with Crippen molar-refractivity contribution in [2.24, 2.45) is 0 Å². The Morgan fingerprint density at radius 2 is 2.11 bits per heavy atom. The predicted octanol–water partition coefficient (Wildman–Crippen LogP) is 1.69. The van der Waals surface area contributed by atoms with Crippen molar-refractivity contribution < 1.29 is 0 Å². The van der Waals surface area contributed by atoms with E-state index in [9.17, 15) is 0 Å². The van der Waals surface area contributed by atoms with E-state index in [1.807, 2.05) is 6.07 Å². The van der Waals surface area contributed by atoms with Crippen molar-refractivity contribution in [3.8, 4) is 0 Å². The molecule has 18 heavy (non-hydrogen) atoms. The quantitative estimate of drug-likeness (QED) is 0.720. The fourth-order valence-electron chi connectivity index (χ4n) is 1.87. The van der Waals surface area contributed by atoms with E-state index >= 15 is 0 Å². The molecule has 5 heteroatoms. The molecular formula is C13H23N5. The standard InChI is InChI=1S/C13H23N5/c1-18(2)8-4-3-7-15-12-9-11(14)16-13(17-12)10-5-6-10/h9-10H,3-8H2,1-2H3,(H3,14,15,16,17). The first kappa shape index (κ1) is 13.1. The number of nitrogen functional groups attached to an aromatic ring is 1. The maximum atomic E-state index is 5.80. The molecule has 1 saturated carbocycles. The topological polar surface area (TPSA) is 67.1 Å². The highest BCUT2D eigenvalue weighted by Gasteiger charge is 2.27. The number of nitrogens with two attached hydrogens (primary N) is 1. The summed E-state index contributed by atoms with van der Waals surface area (Å²) in [7, 11) is 4.20. The molecule has 0 bridgehead atoms. The molecule has 1 heterocycles. The van der Waals surface area contributed by atoms with Crippen LogP contribution < -0.4 is 11.1 Å². The molecule has 0 atom stereocenters. The van der Waals surface area contributed by atoms with Crippen molar-refractivity contribution in [1.82, 2.24) is 14.9 Å². The third-order valence-corrected chi connectivity index (χ3v) is 3.04. The molecule has 0 aliphatic heterocycles. The Morgan fingerprint density at radius 1 is 1.33 bits per heavy atom. The van der Waals surface area contributed by atoms with Gasteiger partial charge in [-0.05, 0) is 46.3 Å². The smallest absolute Gasteiger partial charge is 0.136 e. The molecule has 0 amide bonds. The molecule has 3 N–H and O–H groups in total.